The smallest absolute Gasteiger partial charge is 0.305 e. The second-order valence-electron chi connectivity index (χ2n) is 5.03. The molecule has 0 spiro atoms. The third-order valence-corrected chi connectivity index (χ3v) is 3.53. The van der Waals surface area contributed by atoms with Gasteiger partial charge in [0.1, 0.15) is 0 Å². The number of nitrogens with zero attached hydrogens (tertiary/aromatic N) is 2. The fraction of sp³-hybridized carbons (Fsp3) is 0.533. The predicted octanol–water partition coefficient (Wildman–Crippen LogP) is 3.77. The van der Waals surface area contributed by atoms with Gasteiger partial charge < -0.3 is 4.90 Å². The van der Waals surface area contributed by atoms with Crippen LogP contribution < -0.4 is 0 Å². The molecule has 1 aromatic carbocycles. The van der Waals surface area contributed by atoms with Crippen LogP contribution in [-0.2, 0) is 0 Å². The van der Waals surface area contributed by atoms with E-state index in [0.717, 1.165) is 31.4 Å². The lowest BCUT2D eigenvalue weighted by Gasteiger charge is -2.28. The van der Waals surface area contributed by atoms with Crippen molar-refractivity contribution in [3.8, 4) is 0 Å². The Hall–Kier alpha value is -1.98. The summed E-state index contributed by atoms with van der Waals surface area (Å²) in [5.74, 6) is -1.22. The van der Waals surface area contributed by atoms with Crippen LogP contribution in [0.25, 0.3) is 0 Å². The summed E-state index contributed by atoms with van der Waals surface area (Å²) in [5, 5.41) is 10.8. The van der Waals surface area contributed by atoms with Crippen LogP contribution in [0.1, 0.15) is 50.4 Å². The van der Waals surface area contributed by atoms with Crippen LogP contribution >= 0.6 is 0 Å². The number of nitro groups is 1. The minimum absolute atomic E-state index is 0.0353. The molecule has 0 radical (unpaired) electrons. The van der Waals surface area contributed by atoms with E-state index in [1.807, 2.05) is 20.8 Å². The van der Waals surface area contributed by atoms with Crippen molar-refractivity contribution in [3.05, 3.63) is 39.7 Å². The molecule has 0 N–H and O–H groups in total. The van der Waals surface area contributed by atoms with E-state index in [4.69, 9.17) is 0 Å². The lowest BCUT2D eigenvalue weighted by molar-refractivity contribution is -0.387. The summed E-state index contributed by atoms with van der Waals surface area (Å²) in [6, 6.07) is 3.32. The zero-order valence-electron chi connectivity index (χ0n) is 12.6. The molecule has 1 unspecified atom stereocenters. The SMILES string of the molecule is CCCCN(C(=O)c1ccc(F)c([N+](=O)[O-])c1)C(C)CC. The van der Waals surface area contributed by atoms with Crippen molar-refractivity contribution in [2.24, 2.45) is 0 Å². The third kappa shape index (κ3) is 4.24. The Bertz CT molecular complexity index is 520. The zero-order chi connectivity index (χ0) is 16.0. The minimum atomic E-state index is -0.930. The molecule has 0 fully saturated rings. The summed E-state index contributed by atoms with van der Waals surface area (Å²) < 4.78 is 13.3. The summed E-state index contributed by atoms with van der Waals surface area (Å²) in [4.78, 5) is 24.2. The minimum Gasteiger partial charge on any atom is -0.336 e. The van der Waals surface area contributed by atoms with E-state index < -0.39 is 16.4 Å². The van der Waals surface area contributed by atoms with Crippen molar-refractivity contribution in [3.63, 3.8) is 0 Å². The second-order valence-corrected chi connectivity index (χ2v) is 5.03. The molecule has 0 aliphatic carbocycles. The Morgan fingerprint density at radius 3 is 2.62 bits per heavy atom. The molecule has 0 heterocycles. The van der Waals surface area contributed by atoms with Gasteiger partial charge in [-0.2, -0.15) is 4.39 Å². The molecule has 0 aromatic heterocycles. The van der Waals surface area contributed by atoms with E-state index in [-0.39, 0.29) is 17.5 Å². The monoisotopic (exact) mass is 296 g/mol. The predicted molar refractivity (Wildman–Crippen MR) is 78.8 cm³/mol. The van der Waals surface area contributed by atoms with Gasteiger partial charge in [-0.1, -0.05) is 20.3 Å². The van der Waals surface area contributed by atoms with Crippen molar-refractivity contribution in [2.45, 2.75) is 46.1 Å². The quantitative estimate of drug-likeness (QED) is 0.568. The van der Waals surface area contributed by atoms with E-state index in [1.165, 1.54) is 6.07 Å². The van der Waals surface area contributed by atoms with Crippen molar-refractivity contribution in [1.82, 2.24) is 4.90 Å². The normalized spacial score (nSPS) is 12.0. The zero-order valence-corrected chi connectivity index (χ0v) is 12.6. The van der Waals surface area contributed by atoms with Gasteiger partial charge in [0.2, 0.25) is 5.82 Å². The molecule has 1 rings (SSSR count). The summed E-state index contributed by atoms with van der Waals surface area (Å²) in [6.45, 7) is 6.53. The average Bonchev–Trinajstić information content (AvgIpc) is 2.47. The molecule has 21 heavy (non-hydrogen) atoms. The molecule has 0 saturated heterocycles. The largest absolute Gasteiger partial charge is 0.336 e. The van der Waals surface area contributed by atoms with Gasteiger partial charge in [-0.05, 0) is 31.9 Å². The van der Waals surface area contributed by atoms with Gasteiger partial charge in [0.25, 0.3) is 5.91 Å². The molecule has 0 bridgehead atoms. The van der Waals surface area contributed by atoms with Gasteiger partial charge in [-0.15, -0.1) is 0 Å². The average molecular weight is 296 g/mol. The maximum Gasteiger partial charge on any atom is 0.305 e. The standard InChI is InChI=1S/C15H21FN2O3/c1-4-6-9-17(11(3)5-2)15(19)12-7-8-13(16)14(10-12)18(20)21/h7-8,10-11H,4-6,9H2,1-3H3. The first-order valence-corrected chi connectivity index (χ1v) is 7.17. The van der Waals surface area contributed by atoms with Crippen LogP contribution in [-0.4, -0.2) is 28.3 Å². The Balaban J connectivity index is 3.08. The first-order chi connectivity index (χ1) is 9.92. The Labute approximate surface area is 123 Å². The number of carbonyl (C=O) groups is 1. The fourth-order valence-corrected chi connectivity index (χ4v) is 2.02. The first-order valence-electron chi connectivity index (χ1n) is 7.17. The molecule has 116 valence electrons. The topological polar surface area (TPSA) is 63.5 Å². The summed E-state index contributed by atoms with van der Waals surface area (Å²) >= 11 is 0. The van der Waals surface area contributed by atoms with E-state index in [1.54, 1.807) is 4.90 Å². The molecule has 1 aromatic rings. The van der Waals surface area contributed by atoms with Gasteiger partial charge in [0.15, 0.2) is 0 Å². The number of carbonyl (C=O) groups excluding carboxylic acids is 1. The van der Waals surface area contributed by atoms with Crippen LogP contribution in [0, 0.1) is 15.9 Å². The summed E-state index contributed by atoms with van der Waals surface area (Å²) in [6.07, 6.45) is 2.60. The van der Waals surface area contributed by atoms with Gasteiger partial charge >= 0.3 is 5.69 Å². The highest BCUT2D eigenvalue weighted by atomic mass is 19.1. The molecular formula is C15H21FN2O3. The van der Waals surface area contributed by atoms with Crippen molar-refractivity contribution in [1.29, 1.82) is 0 Å². The van der Waals surface area contributed by atoms with Crippen LogP contribution in [0.15, 0.2) is 18.2 Å². The van der Waals surface area contributed by atoms with Crippen molar-refractivity contribution < 1.29 is 14.1 Å². The maximum atomic E-state index is 13.3. The Morgan fingerprint density at radius 1 is 1.43 bits per heavy atom. The van der Waals surface area contributed by atoms with Crippen LogP contribution in [0.5, 0.6) is 0 Å². The van der Waals surface area contributed by atoms with E-state index >= 15 is 0 Å². The van der Waals surface area contributed by atoms with Gasteiger partial charge in [0, 0.05) is 24.2 Å². The van der Waals surface area contributed by atoms with Crippen molar-refractivity contribution in [2.75, 3.05) is 6.54 Å². The first kappa shape index (κ1) is 17.1. The van der Waals surface area contributed by atoms with Gasteiger partial charge in [-0.3, -0.25) is 14.9 Å². The number of amides is 1. The Kier molecular flexibility index (Phi) is 6.27. The molecule has 1 amide bonds. The van der Waals surface area contributed by atoms with Crippen LogP contribution in [0.2, 0.25) is 0 Å². The number of benzene rings is 1. The lowest BCUT2D eigenvalue weighted by Crippen LogP contribution is -2.39. The highest BCUT2D eigenvalue weighted by Crippen LogP contribution is 2.21. The third-order valence-electron chi connectivity index (χ3n) is 3.53. The molecular weight excluding hydrogens is 275 g/mol. The maximum absolute atomic E-state index is 13.3. The molecule has 6 heteroatoms. The number of halogens is 1. The van der Waals surface area contributed by atoms with E-state index in [2.05, 4.69) is 0 Å². The highest BCUT2D eigenvalue weighted by Gasteiger charge is 2.23. The molecule has 0 aliphatic heterocycles. The summed E-state index contributed by atoms with van der Waals surface area (Å²) in [5.41, 5.74) is -0.514. The van der Waals surface area contributed by atoms with E-state index in [9.17, 15) is 19.3 Å². The van der Waals surface area contributed by atoms with Gasteiger partial charge in [0.05, 0.1) is 4.92 Å². The highest BCUT2D eigenvalue weighted by molar-refractivity contribution is 5.95. The van der Waals surface area contributed by atoms with Crippen molar-refractivity contribution >= 4 is 11.6 Å². The van der Waals surface area contributed by atoms with Crippen LogP contribution in [0.3, 0.4) is 0 Å². The Morgan fingerprint density at radius 2 is 2.10 bits per heavy atom. The number of nitro benzene ring substituents is 1. The molecule has 0 aliphatic rings. The lowest BCUT2D eigenvalue weighted by atomic mass is 10.1. The number of hydrogen-bond acceptors (Lipinski definition) is 3. The number of unbranched alkanes of at least 4 members (excludes halogenated alkanes) is 1. The van der Waals surface area contributed by atoms with E-state index in [0.29, 0.717) is 6.54 Å². The van der Waals surface area contributed by atoms with Gasteiger partial charge in [-0.25, -0.2) is 0 Å². The molecule has 0 saturated carbocycles. The number of rotatable bonds is 7. The molecule has 1 atom stereocenters. The summed E-state index contributed by atoms with van der Waals surface area (Å²) in [7, 11) is 0. The fourth-order valence-electron chi connectivity index (χ4n) is 2.02. The van der Waals surface area contributed by atoms with Crippen LogP contribution in [0.4, 0.5) is 10.1 Å². The molecule has 5 nitrogen and oxygen atoms in total. The second kappa shape index (κ2) is 7.71. The number of hydrogen-bond donors (Lipinski definition) is 0.